The number of aryl methyl sites for hydroxylation is 2. The van der Waals surface area contributed by atoms with Crippen LogP contribution < -0.4 is 4.74 Å². The van der Waals surface area contributed by atoms with Gasteiger partial charge in [0.2, 0.25) is 11.7 Å². The Morgan fingerprint density at radius 3 is 2.82 bits per heavy atom. The fraction of sp³-hybridized carbons (Fsp3) is 0.333. The Kier molecular flexibility index (Phi) is 3.39. The molecular formula is C12H14N2O3. The van der Waals surface area contributed by atoms with E-state index >= 15 is 0 Å². The van der Waals surface area contributed by atoms with Gasteiger partial charge in [-0.3, -0.25) is 0 Å². The van der Waals surface area contributed by atoms with Gasteiger partial charge in [-0.25, -0.2) is 0 Å². The first-order chi connectivity index (χ1) is 8.20. The summed E-state index contributed by atoms with van der Waals surface area (Å²) in [6.45, 7) is 3.83. The molecule has 0 saturated heterocycles. The van der Waals surface area contributed by atoms with Gasteiger partial charge in [0.05, 0.1) is 6.61 Å². The number of nitrogens with zero attached hydrogens (tertiary/aromatic N) is 2. The van der Waals surface area contributed by atoms with Gasteiger partial charge in [-0.2, -0.15) is 4.98 Å². The van der Waals surface area contributed by atoms with Gasteiger partial charge in [0, 0.05) is 12.5 Å². The van der Waals surface area contributed by atoms with Crippen LogP contribution in [-0.4, -0.2) is 15.2 Å². The van der Waals surface area contributed by atoms with Crippen LogP contribution in [0, 0.1) is 13.8 Å². The second kappa shape index (κ2) is 4.97. The van der Waals surface area contributed by atoms with Crippen LogP contribution in [0.3, 0.4) is 0 Å². The molecule has 0 fully saturated rings. The first-order valence-electron chi connectivity index (χ1n) is 5.32. The van der Waals surface area contributed by atoms with Crippen molar-refractivity contribution < 1.29 is 14.4 Å². The molecule has 2 aromatic rings. The Labute approximate surface area is 99.0 Å². The van der Waals surface area contributed by atoms with Gasteiger partial charge < -0.3 is 14.4 Å². The van der Waals surface area contributed by atoms with Crippen molar-refractivity contribution in [2.45, 2.75) is 27.1 Å². The summed E-state index contributed by atoms with van der Waals surface area (Å²) < 4.78 is 10.5. The molecule has 0 aliphatic rings. The van der Waals surface area contributed by atoms with Gasteiger partial charge in [-0.15, -0.1) is 0 Å². The van der Waals surface area contributed by atoms with E-state index in [1.165, 1.54) is 0 Å². The summed E-state index contributed by atoms with van der Waals surface area (Å²) in [5, 5.41) is 13.0. The number of para-hydroxylation sites is 1. The molecule has 1 N–H and O–H groups in total. The molecule has 2 rings (SSSR count). The third-order valence-corrected chi connectivity index (χ3v) is 2.38. The molecule has 0 spiro atoms. The summed E-state index contributed by atoms with van der Waals surface area (Å²) in [7, 11) is 0. The van der Waals surface area contributed by atoms with Crippen LogP contribution in [0.5, 0.6) is 5.75 Å². The van der Waals surface area contributed by atoms with E-state index in [4.69, 9.17) is 9.26 Å². The Balaban J connectivity index is 2.13. The first-order valence-corrected chi connectivity index (χ1v) is 5.32. The molecule has 5 heteroatoms. The molecule has 0 atom stereocenters. The van der Waals surface area contributed by atoms with E-state index in [1.807, 2.05) is 25.1 Å². The number of aliphatic hydroxyl groups excluding tert-OH is 1. The lowest BCUT2D eigenvalue weighted by molar-refractivity contribution is 0.251. The molecule has 1 aromatic heterocycles. The Hall–Kier alpha value is -1.88. The molecule has 0 aliphatic carbocycles. The maximum absolute atomic E-state index is 9.21. The van der Waals surface area contributed by atoms with Gasteiger partial charge in [0.1, 0.15) is 5.75 Å². The highest BCUT2D eigenvalue weighted by Crippen LogP contribution is 2.24. The summed E-state index contributed by atoms with van der Waals surface area (Å²) >= 11 is 0. The molecule has 17 heavy (non-hydrogen) atoms. The quantitative estimate of drug-likeness (QED) is 0.872. The number of ether oxygens (including phenoxy) is 1. The maximum atomic E-state index is 9.21. The second-order valence-electron chi connectivity index (χ2n) is 3.74. The lowest BCUT2D eigenvalue weighted by Crippen LogP contribution is -2.02. The van der Waals surface area contributed by atoms with Gasteiger partial charge in [0.25, 0.3) is 0 Å². The maximum Gasteiger partial charge on any atom is 0.223 e. The van der Waals surface area contributed by atoms with Gasteiger partial charge in [-0.05, 0) is 12.5 Å². The third kappa shape index (κ3) is 2.62. The minimum Gasteiger partial charge on any atom is -0.485 e. The first kappa shape index (κ1) is 11.6. The molecule has 0 unspecified atom stereocenters. The van der Waals surface area contributed by atoms with Crippen LogP contribution in [0.25, 0.3) is 0 Å². The molecule has 0 saturated carbocycles. The zero-order valence-electron chi connectivity index (χ0n) is 9.80. The van der Waals surface area contributed by atoms with E-state index < -0.39 is 0 Å². The monoisotopic (exact) mass is 234 g/mol. The predicted octanol–water partition coefficient (Wildman–Crippen LogP) is 1.76. The average molecular weight is 234 g/mol. The van der Waals surface area contributed by atoms with Crippen molar-refractivity contribution in [3.8, 4) is 5.75 Å². The van der Waals surface area contributed by atoms with Gasteiger partial charge in [0.15, 0.2) is 6.61 Å². The molecule has 1 aromatic carbocycles. The van der Waals surface area contributed by atoms with Crippen LogP contribution in [0.2, 0.25) is 0 Å². The van der Waals surface area contributed by atoms with Crippen molar-refractivity contribution in [1.29, 1.82) is 0 Å². The lowest BCUT2D eigenvalue weighted by atomic mass is 10.1. The molecule has 1 heterocycles. The van der Waals surface area contributed by atoms with Gasteiger partial charge in [-0.1, -0.05) is 23.4 Å². The highest BCUT2D eigenvalue weighted by Gasteiger charge is 2.08. The Morgan fingerprint density at radius 2 is 2.18 bits per heavy atom. The number of hydrogen-bond acceptors (Lipinski definition) is 5. The number of aromatic nitrogens is 2. The highest BCUT2D eigenvalue weighted by atomic mass is 16.5. The summed E-state index contributed by atoms with van der Waals surface area (Å²) in [5.41, 5.74) is 1.72. The van der Waals surface area contributed by atoms with E-state index in [0.29, 0.717) is 17.5 Å². The Bertz CT molecular complexity index is 508. The minimum atomic E-state index is -0.0533. The van der Waals surface area contributed by atoms with E-state index in [-0.39, 0.29) is 13.2 Å². The standard InChI is InChI=1S/C12H14N2O3/c1-8-4-3-5-10(6-15)12(8)16-7-11-13-9(2)17-14-11/h3-5,15H,6-7H2,1-2H3. The third-order valence-electron chi connectivity index (χ3n) is 2.38. The summed E-state index contributed by atoms with van der Waals surface area (Å²) in [6, 6.07) is 5.63. The van der Waals surface area contributed by atoms with Crippen molar-refractivity contribution in [1.82, 2.24) is 10.1 Å². The van der Waals surface area contributed by atoms with E-state index in [9.17, 15) is 5.11 Å². The number of rotatable bonds is 4. The molecule has 0 amide bonds. The molecule has 5 nitrogen and oxygen atoms in total. The molecule has 0 aliphatic heterocycles. The van der Waals surface area contributed by atoms with Gasteiger partial charge >= 0.3 is 0 Å². The van der Waals surface area contributed by atoms with Crippen LogP contribution >= 0.6 is 0 Å². The largest absolute Gasteiger partial charge is 0.485 e. The zero-order valence-corrected chi connectivity index (χ0v) is 9.80. The topological polar surface area (TPSA) is 68.4 Å². The molecule has 0 bridgehead atoms. The Morgan fingerprint density at radius 1 is 1.35 bits per heavy atom. The number of hydrogen-bond donors (Lipinski definition) is 1. The fourth-order valence-electron chi connectivity index (χ4n) is 1.58. The van der Waals surface area contributed by atoms with E-state index in [0.717, 1.165) is 11.1 Å². The van der Waals surface area contributed by atoms with Crippen molar-refractivity contribution >= 4 is 0 Å². The van der Waals surface area contributed by atoms with Crippen molar-refractivity contribution in [3.05, 3.63) is 41.0 Å². The van der Waals surface area contributed by atoms with E-state index in [1.54, 1.807) is 6.92 Å². The van der Waals surface area contributed by atoms with Crippen molar-refractivity contribution in [2.75, 3.05) is 0 Å². The average Bonchev–Trinajstić information content (AvgIpc) is 2.73. The van der Waals surface area contributed by atoms with Crippen LogP contribution in [0.15, 0.2) is 22.7 Å². The van der Waals surface area contributed by atoms with Crippen molar-refractivity contribution in [2.24, 2.45) is 0 Å². The number of aliphatic hydroxyl groups is 1. The molecule has 0 radical (unpaired) electrons. The zero-order chi connectivity index (χ0) is 12.3. The predicted molar refractivity (Wildman–Crippen MR) is 60.5 cm³/mol. The summed E-state index contributed by atoms with van der Waals surface area (Å²) in [5.74, 6) is 1.68. The van der Waals surface area contributed by atoms with Crippen LogP contribution in [0.4, 0.5) is 0 Å². The minimum absolute atomic E-state index is 0.0533. The van der Waals surface area contributed by atoms with Crippen LogP contribution in [0.1, 0.15) is 22.8 Å². The fourth-order valence-corrected chi connectivity index (χ4v) is 1.58. The smallest absolute Gasteiger partial charge is 0.223 e. The highest BCUT2D eigenvalue weighted by molar-refractivity contribution is 5.40. The van der Waals surface area contributed by atoms with E-state index in [2.05, 4.69) is 10.1 Å². The van der Waals surface area contributed by atoms with Crippen molar-refractivity contribution in [3.63, 3.8) is 0 Å². The lowest BCUT2D eigenvalue weighted by Gasteiger charge is -2.11. The summed E-state index contributed by atoms with van der Waals surface area (Å²) in [4.78, 5) is 4.05. The number of benzene rings is 1. The molecule has 90 valence electrons. The SMILES string of the molecule is Cc1nc(COc2c(C)cccc2CO)no1. The summed E-state index contributed by atoms with van der Waals surface area (Å²) in [6.07, 6.45) is 0. The second-order valence-corrected chi connectivity index (χ2v) is 3.74. The normalized spacial score (nSPS) is 10.5. The van der Waals surface area contributed by atoms with Crippen LogP contribution in [-0.2, 0) is 13.2 Å². The molecular weight excluding hydrogens is 220 g/mol.